The number of hydrogen-bond acceptors (Lipinski definition) is 3. The number of nitrogens with two attached hydrogens (primary N) is 1. The van der Waals surface area contributed by atoms with Crippen molar-refractivity contribution in [1.82, 2.24) is 0 Å². The second kappa shape index (κ2) is 5.98. The van der Waals surface area contributed by atoms with Gasteiger partial charge in [-0.2, -0.15) is 0 Å². The molecule has 0 bridgehead atoms. The predicted molar refractivity (Wildman–Crippen MR) is 82.0 cm³/mol. The lowest BCUT2D eigenvalue weighted by molar-refractivity contribution is -0.126. The number of ether oxygens (including phenoxy) is 1. The third-order valence-corrected chi connectivity index (χ3v) is 4.22. The van der Waals surface area contributed by atoms with Gasteiger partial charge in [-0.25, -0.2) is 0 Å². The van der Waals surface area contributed by atoms with Crippen molar-refractivity contribution in [3.8, 4) is 0 Å². The van der Waals surface area contributed by atoms with Crippen LogP contribution in [0.25, 0.3) is 0 Å². The topological polar surface area (TPSA) is 64.4 Å². The number of benzene rings is 1. The van der Waals surface area contributed by atoms with Gasteiger partial charge in [-0.1, -0.05) is 34.2 Å². The molecule has 0 saturated carbocycles. The first-order valence-electron chi connectivity index (χ1n) is 5.99. The molecule has 2 rings (SSSR count). The lowest BCUT2D eigenvalue weighted by Crippen LogP contribution is -2.49. The second-order valence-corrected chi connectivity index (χ2v) is 5.88. The largest absolute Gasteiger partial charge is 0.392 e. The van der Waals surface area contributed by atoms with Crippen LogP contribution < -0.4 is 11.1 Å². The summed E-state index contributed by atoms with van der Waals surface area (Å²) in [4.78, 5) is 12.7. The van der Waals surface area contributed by atoms with Gasteiger partial charge in [-0.05, 0) is 31.0 Å². The first-order valence-corrected chi connectivity index (χ1v) is 7.19. The summed E-state index contributed by atoms with van der Waals surface area (Å²) in [6, 6.07) is 7.42. The Morgan fingerprint density at radius 3 is 2.68 bits per heavy atom. The van der Waals surface area contributed by atoms with Crippen LogP contribution in [0.4, 0.5) is 5.69 Å². The molecule has 0 atom stereocenters. The van der Waals surface area contributed by atoms with Gasteiger partial charge in [0.2, 0.25) is 5.91 Å². The van der Waals surface area contributed by atoms with Gasteiger partial charge in [-0.3, -0.25) is 4.79 Å². The van der Waals surface area contributed by atoms with Crippen molar-refractivity contribution in [1.29, 1.82) is 0 Å². The molecule has 19 heavy (non-hydrogen) atoms. The Hall–Kier alpha value is -0.980. The van der Waals surface area contributed by atoms with Gasteiger partial charge in [0.25, 0.3) is 0 Å². The fourth-order valence-electron chi connectivity index (χ4n) is 2.12. The Labute approximate surface area is 125 Å². The molecule has 3 N–H and O–H groups in total. The van der Waals surface area contributed by atoms with Crippen LogP contribution in [0.15, 0.2) is 28.7 Å². The van der Waals surface area contributed by atoms with Crippen LogP contribution in [0, 0.1) is 5.41 Å². The van der Waals surface area contributed by atoms with Crippen molar-refractivity contribution in [2.24, 2.45) is 11.1 Å². The molecule has 0 spiro atoms. The van der Waals surface area contributed by atoms with E-state index >= 15 is 0 Å². The highest BCUT2D eigenvalue weighted by Crippen LogP contribution is 2.32. The van der Waals surface area contributed by atoms with Crippen LogP contribution in [0.1, 0.15) is 12.8 Å². The molecule has 1 aromatic carbocycles. The number of halogens is 1. The Morgan fingerprint density at radius 1 is 1.42 bits per heavy atom. The average molecular weight is 343 g/mol. The summed E-state index contributed by atoms with van der Waals surface area (Å²) in [5.41, 5.74) is 5.72. The van der Waals surface area contributed by atoms with Crippen LogP contribution >= 0.6 is 28.1 Å². The average Bonchev–Trinajstić information content (AvgIpc) is 2.39. The quantitative estimate of drug-likeness (QED) is 0.828. The summed E-state index contributed by atoms with van der Waals surface area (Å²) < 4.78 is 6.20. The summed E-state index contributed by atoms with van der Waals surface area (Å²) in [7, 11) is 0. The Kier molecular flexibility index (Phi) is 4.54. The van der Waals surface area contributed by atoms with Crippen LogP contribution in [-0.4, -0.2) is 24.1 Å². The zero-order valence-corrected chi connectivity index (χ0v) is 12.7. The molecule has 1 aliphatic rings. The van der Waals surface area contributed by atoms with E-state index in [2.05, 4.69) is 21.2 Å². The SMILES string of the molecule is NC(=S)C1(C(=O)Nc2cccc(Br)c2)CCOCC1. The molecule has 0 aliphatic carbocycles. The lowest BCUT2D eigenvalue weighted by Gasteiger charge is -2.34. The predicted octanol–water partition coefficient (Wildman–Crippen LogP) is 2.47. The molecule has 1 aliphatic heterocycles. The van der Waals surface area contributed by atoms with E-state index in [4.69, 9.17) is 22.7 Å². The normalized spacial score (nSPS) is 17.7. The highest BCUT2D eigenvalue weighted by Gasteiger charge is 2.43. The van der Waals surface area contributed by atoms with E-state index in [0.29, 0.717) is 26.1 Å². The number of rotatable bonds is 3. The Bertz CT molecular complexity index is 501. The lowest BCUT2D eigenvalue weighted by atomic mass is 9.79. The maximum Gasteiger partial charge on any atom is 0.237 e. The van der Waals surface area contributed by atoms with Gasteiger partial charge in [-0.15, -0.1) is 0 Å². The molecule has 102 valence electrons. The molecule has 1 amide bonds. The number of anilines is 1. The summed E-state index contributed by atoms with van der Waals surface area (Å²) in [5, 5.41) is 2.88. The van der Waals surface area contributed by atoms with Crippen LogP contribution in [0.5, 0.6) is 0 Å². The van der Waals surface area contributed by atoms with Crippen molar-refractivity contribution < 1.29 is 9.53 Å². The van der Waals surface area contributed by atoms with Crippen LogP contribution in [-0.2, 0) is 9.53 Å². The summed E-state index contributed by atoms with van der Waals surface area (Å²) >= 11 is 8.47. The number of thiocarbonyl (C=S) groups is 1. The number of hydrogen-bond donors (Lipinski definition) is 2. The molecule has 6 heteroatoms. The molecule has 0 aromatic heterocycles. The minimum atomic E-state index is -0.796. The van der Waals surface area contributed by atoms with E-state index in [-0.39, 0.29) is 10.9 Å². The molecule has 1 aromatic rings. The molecule has 0 unspecified atom stereocenters. The van der Waals surface area contributed by atoms with Crippen molar-refractivity contribution in [2.75, 3.05) is 18.5 Å². The molecular weight excluding hydrogens is 328 g/mol. The number of nitrogens with one attached hydrogen (secondary N) is 1. The van der Waals surface area contributed by atoms with E-state index < -0.39 is 5.41 Å². The minimum Gasteiger partial charge on any atom is -0.392 e. The van der Waals surface area contributed by atoms with Gasteiger partial charge in [0.05, 0.1) is 4.99 Å². The first-order chi connectivity index (χ1) is 9.04. The standard InChI is InChI=1S/C13H15BrN2O2S/c14-9-2-1-3-10(8-9)16-12(17)13(11(15)19)4-6-18-7-5-13/h1-3,8H,4-7H2,(H2,15,19)(H,16,17). The zero-order chi connectivity index (χ0) is 13.9. The molecule has 4 nitrogen and oxygen atoms in total. The van der Waals surface area contributed by atoms with Gasteiger partial charge in [0, 0.05) is 23.4 Å². The Balaban J connectivity index is 2.19. The summed E-state index contributed by atoms with van der Waals surface area (Å²) in [6.45, 7) is 1.01. The molecule has 1 saturated heterocycles. The third kappa shape index (κ3) is 3.13. The van der Waals surface area contributed by atoms with E-state index in [0.717, 1.165) is 10.2 Å². The number of carbonyl (C=O) groups is 1. The fourth-order valence-corrected chi connectivity index (χ4v) is 2.82. The maximum absolute atomic E-state index is 12.5. The fraction of sp³-hybridized carbons (Fsp3) is 0.385. The van der Waals surface area contributed by atoms with Gasteiger partial charge >= 0.3 is 0 Å². The molecule has 0 radical (unpaired) electrons. The van der Waals surface area contributed by atoms with Crippen molar-refractivity contribution in [2.45, 2.75) is 12.8 Å². The number of carbonyl (C=O) groups excluding carboxylic acids is 1. The zero-order valence-electron chi connectivity index (χ0n) is 10.3. The van der Waals surface area contributed by atoms with Crippen LogP contribution in [0.2, 0.25) is 0 Å². The minimum absolute atomic E-state index is 0.151. The third-order valence-electron chi connectivity index (χ3n) is 3.34. The first kappa shape index (κ1) is 14.4. The van der Waals surface area contributed by atoms with Crippen molar-refractivity contribution >= 4 is 44.7 Å². The van der Waals surface area contributed by atoms with E-state index in [9.17, 15) is 4.79 Å². The van der Waals surface area contributed by atoms with Crippen molar-refractivity contribution in [3.63, 3.8) is 0 Å². The van der Waals surface area contributed by atoms with E-state index in [1.165, 1.54) is 0 Å². The van der Waals surface area contributed by atoms with Gasteiger partial charge < -0.3 is 15.8 Å². The van der Waals surface area contributed by atoms with Gasteiger partial charge in [0.15, 0.2) is 0 Å². The molecular formula is C13H15BrN2O2S. The Morgan fingerprint density at radius 2 is 2.11 bits per heavy atom. The molecule has 1 heterocycles. The van der Waals surface area contributed by atoms with Gasteiger partial charge in [0.1, 0.15) is 5.41 Å². The smallest absolute Gasteiger partial charge is 0.237 e. The summed E-state index contributed by atoms with van der Waals surface area (Å²) in [5.74, 6) is -0.151. The monoisotopic (exact) mass is 342 g/mol. The van der Waals surface area contributed by atoms with E-state index in [1.54, 1.807) is 0 Å². The highest BCUT2D eigenvalue weighted by molar-refractivity contribution is 9.10. The van der Waals surface area contributed by atoms with Crippen LogP contribution in [0.3, 0.4) is 0 Å². The number of amides is 1. The molecule has 1 fully saturated rings. The highest BCUT2D eigenvalue weighted by atomic mass is 79.9. The summed E-state index contributed by atoms with van der Waals surface area (Å²) in [6.07, 6.45) is 1.06. The van der Waals surface area contributed by atoms with E-state index in [1.807, 2.05) is 24.3 Å². The maximum atomic E-state index is 12.5. The van der Waals surface area contributed by atoms with Crippen molar-refractivity contribution in [3.05, 3.63) is 28.7 Å². The second-order valence-electron chi connectivity index (χ2n) is 4.52.